The lowest BCUT2D eigenvalue weighted by Gasteiger charge is -2.36. The molecule has 4 rings (SSSR count). The van der Waals surface area contributed by atoms with E-state index in [1.54, 1.807) is 6.20 Å². The molecule has 3 aromatic rings. The fourth-order valence-corrected chi connectivity index (χ4v) is 3.48. The van der Waals surface area contributed by atoms with Crippen molar-refractivity contribution in [3.05, 3.63) is 65.3 Å². The van der Waals surface area contributed by atoms with Crippen LogP contribution in [-0.2, 0) is 6.42 Å². The Bertz CT molecular complexity index is 922. The standard InChI is InChI=1S/C21H23ClN6/c1-2-16-6-8-18(9-7-16)24-20-15-23-26-21(25-20)28-12-10-27(11-13-28)19-5-3-4-17(22)14-19/h3-9,14-15H,2,10-13H2,1H3,(H,24,25,26). The fraction of sp³-hybridized carbons (Fsp3) is 0.286. The second-order valence-corrected chi connectivity index (χ2v) is 7.21. The van der Waals surface area contributed by atoms with Crippen molar-refractivity contribution in [1.29, 1.82) is 0 Å². The first-order valence-corrected chi connectivity index (χ1v) is 9.90. The van der Waals surface area contributed by atoms with Gasteiger partial charge < -0.3 is 15.1 Å². The highest BCUT2D eigenvalue weighted by atomic mass is 35.5. The molecule has 144 valence electrons. The number of halogens is 1. The van der Waals surface area contributed by atoms with Crippen molar-refractivity contribution in [3.8, 4) is 0 Å². The van der Waals surface area contributed by atoms with Crippen LogP contribution in [0.5, 0.6) is 0 Å². The molecule has 0 unspecified atom stereocenters. The summed E-state index contributed by atoms with van der Waals surface area (Å²) in [5.41, 5.74) is 3.45. The van der Waals surface area contributed by atoms with Gasteiger partial charge in [0.25, 0.3) is 0 Å². The summed E-state index contributed by atoms with van der Waals surface area (Å²) < 4.78 is 0. The van der Waals surface area contributed by atoms with Crippen LogP contribution in [0.4, 0.5) is 23.1 Å². The molecule has 1 aliphatic rings. The highest BCUT2D eigenvalue weighted by Gasteiger charge is 2.20. The van der Waals surface area contributed by atoms with Crippen molar-refractivity contribution in [2.75, 3.05) is 41.3 Å². The molecule has 0 aliphatic carbocycles. The summed E-state index contributed by atoms with van der Waals surface area (Å²) in [5.74, 6) is 1.35. The van der Waals surface area contributed by atoms with E-state index in [9.17, 15) is 0 Å². The van der Waals surface area contributed by atoms with E-state index in [-0.39, 0.29) is 0 Å². The Morgan fingerprint density at radius 3 is 2.46 bits per heavy atom. The molecule has 0 saturated carbocycles. The van der Waals surface area contributed by atoms with E-state index >= 15 is 0 Å². The lowest BCUT2D eigenvalue weighted by molar-refractivity contribution is 0.635. The smallest absolute Gasteiger partial charge is 0.247 e. The van der Waals surface area contributed by atoms with Crippen molar-refractivity contribution in [2.45, 2.75) is 13.3 Å². The van der Waals surface area contributed by atoms with Gasteiger partial charge in [-0.2, -0.15) is 10.1 Å². The van der Waals surface area contributed by atoms with Gasteiger partial charge in [-0.05, 0) is 42.3 Å². The highest BCUT2D eigenvalue weighted by Crippen LogP contribution is 2.22. The molecule has 1 saturated heterocycles. The van der Waals surface area contributed by atoms with Crippen molar-refractivity contribution >= 4 is 34.7 Å². The van der Waals surface area contributed by atoms with Gasteiger partial charge in [0.1, 0.15) is 0 Å². The van der Waals surface area contributed by atoms with Gasteiger partial charge in [-0.15, -0.1) is 5.10 Å². The first-order valence-electron chi connectivity index (χ1n) is 9.52. The lowest BCUT2D eigenvalue weighted by Crippen LogP contribution is -2.47. The van der Waals surface area contributed by atoms with Gasteiger partial charge in [0.05, 0.1) is 6.20 Å². The Morgan fingerprint density at radius 2 is 1.75 bits per heavy atom. The molecule has 1 aliphatic heterocycles. The zero-order chi connectivity index (χ0) is 19.3. The van der Waals surface area contributed by atoms with Gasteiger partial charge in [0.15, 0.2) is 5.82 Å². The molecule has 2 heterocycles. The number of anilines is 4. The predicted octanol–water partition coefficient (Wildman–Crippen LogP) is 4.16. The topological polar surface area (TPSA) is 57.2 Å². The second kappa shape index (κ2) is 8.44. The number of piperazine rings is 1. The summed E-state index contributed by atoms with van der Waals surface area (Å²) in [6.07, 6.45) is 2.68. The number of nitrogens with zero attached hydrogens (tertiary/aromatic N) is 5. The third kappa shape index (κ3) is 4.34. The van der Waals surface area contributed by atoms with Gasteiger partial charge in [0.2, 0.25) is 5.95 Å². The van der Waals surface area contributed by atoms with Crippen LogP contribution in [0.3, 0.4) is 0 Å². The SMILES string of the molecule is CCc1ccc(Nc2cnnc(N3CCN(c4cccc(Cl)c4)CC3)n2)cc1. The normalized spacial score (nSPS) is 14.2. The summed E-state index contributed by atoms with van der Waals surface area (Å²) in [6, 6.07) is 16.3. The molecule has 0 radical (unpaired) electrons. The average Bonchev–Trinajstić information content (AvgIpc) is 2.75. The van der Waals surface area contributed by atoms with Gasteiger partial charge in [0, 0.05) is 42.6 Å². The van der Waals surface area contributed by atoms with E-state index in [1.165, 1.54) is 5.56 Å². The molecule has 0 spiro atoms. The predicted molar refractivity (Wildman–Crippen MR) is 115 cm³/mol. The summed E-state index contributed by atoms with van der Waals surface area (Å²) in [6.45, 7) is 5.60. The molecule has 1 fully saturated rings. The maximum Gasteiger partial charge on any atom is 0.247 e. The molecule has 2 aromatic carbocycles. The van der Waals surface area contributed by atoms with Gasteiger partial charge in [-0.25, -0.2) is 0 Å². The van der Waals surface area contributed by atoms with E-state index < -0.39 is 0 Å². The first-order chi connectivity index (χ1) is 13.7. The maximum atomic E-state index is 6.12. The number of benzene rings is 2. The minimum absolute atomic E-state index is 0.654. The minimum atomic E-state index is 0.654. The summed E-state index contributed by atoms with van der Waals surface area (Å²) in [4.78, 5) is 9.14. The van der Waals surface area contributed by atoms with Gasteiger partial charge in [-0.3, -0.25) is 0 Å². The second-order valence-electron chi connectivity index (χ2n) is 6.77. The largest absolute Gasteiger partial charge is 0.368 e. The Balaban J connectivity index is 1.40. The fourth-order valence-electron chi connectivity index (χ4n) is 3.30. The molecule has 1 N–H and O–H groups in total. The Labute approximate surface area is 170 Å². The van der Waals surface area contributed by atoms with Crippen LogP contribution in [0.15, 0.2) is 54.7 Å². The number of hydrogen-bond donors (Lipinski definition) is 1. The molecular weight excluding hydrogens is 372 g/mol. The molecule has 28 heavy (non-hydrogen) atoms. The lowest BCUT2D eigenvalue weighted by atomic mass is 10.1. The van der Waals surface area contributed by atoms with Crippen LogP contribution in [0, 0.1) is 0 Å². The molecule has 6 nitrogen and oxygen atoms in total. The van der Waals surface area contributed by atoms with Crippen LogP contribution < -0.4 is 15.1 Å². The Hall–Kier alpha value is -2.86. The third-order valence-electron chi connectivity index (χ3n) is 4.92. The van der Waals surface area contributed by atoms with Crippen LogP contribution >= 0.6 is 11.6 Å². The van der Waals surface area contributed by atoms with Crippen LogP contribution in [0.2, 0.25) is 5.02 Å². The zero-order valence-electron chi connectivity index (χ0n) is 15.8. The Kier molecular flexibility index (Phi) is 5.58. The van der Waals surface area contributed by atoms with E-state index in [4.69, 9.17) is 11.6 Å². The highest BCUT2D eigenvalue weighted by molar-refractivity contribution is 6.30. The van der Waals surface area contributed by atoms with E-state index in [0.29, 0.717) is 11.8 Å². The zero-order valence-corrected chi connectivity index (χ0v) is 16.6. The third-order valence-corrected chi connectivity index (χ3v) is 5.15. The monoisotopic (exact) mass is 394 g/mol. The van der Waals surface area contributed by atoms with Crippen LogP contribution in [0.1, 0.15) is 12.5 Å². The van der Waals surface area contributed by atoms with Crippen molar-refractivity contribution in [2.24, 2.45) is 0 Å². The molecule has 0 amide bonds. The van der Waals surface area contributed by atoms with Crippen molar-refractivity contribution < 1.29 is 0 Å². The molecule has 0 atom stereocenters. The van der Waals surface area contributed by atoms with E-state index in [2.05, 4.69) is 67.6 Å². The average molecular weight is 395 g/mol. The summed E-state index contributed by atoms with van der Waals surface area (Å²) >= 11 is 6.12. The van der Waals surface area contributed by atoms with Gasteiger partial charge in [-0.1, -0.05) is 36.7 Å². The Morgan fingerprint density at radius 1 is 1.00 bits per heavy atom. The van der Waals surface area contributed by atoms with E-state index in [0.717, 1.165) is 49.0 Å². The van der Waals surface area contributed by atoms with E-state index in [1.807, 2.05) is 18.2 Å². The molecule has 0 bridgehead atoms. The number of hydrogen-bond acceptors (Lipinski definition) is 6. The summed E-state index contributed by atoms with van der Waals surface area (Å²) in [5, 5.41) is 12.4. The first kappa shape index (κ1) is 18.5. The molecular formula is C21H23ClN6. The minimum Gasteiger partial charge on any atom is -0.368 e. The number of aromatic nitrogens is 3. The number of aryl methyl sites for hydroxylation is 1. The summed E-state index contributed by atoms with van der Waals surface area (Å²) in [7, 11) is 0. The van der Waals surface area contributed by atoms with Crippen LogP contribution in [0.25, 0.3) is 0 Å². The maximum absolute atomic E-state index is 6.12. The van der Waals surface area contributed by atoms with Crippen molar-refractivity contribution in [3.63, 3.8) is 0 Å². The van der Waals surface area contributed by atoms with Crippen LogP contribution in [-0.4, -0.2) is 41.4 Å². The number of nitrogens with one attached hydrogen (secondary N) is 1. The molecule has 1 aromatic heterocycles. The number of rotatable bonds is 5. The van der Waals surface area contributed by atoms with Gasteiger partial charge >= 0.3 is 0 Å². The van der Waals surface area contributed by atoms with Crippen molar-refractivity contribution in [1.82, 2.24) is 15.2 Å². The quantitative estimate of drug-likeness (QED) is 0.701. The molecule has 7 heteroatoms.